The summed E-state index contributed by atoms with van der Waals surface area (Å²) in [4.78, 5) is 14.5. The van der Waals surface area contributed by atoms with Crippen LogP contribution in [0, 0.1) is 11.6 Å². The first-order valence-electron chi connectivity index (χ1n) is 9.46. The van der Waals surface area contributed by atoms with Crippen molar-refractivity contribution in [3.8, 4) is 16.9 Å². The van der Waals surface area contributed by atoms with Gasteiger partial charge in [-0.1, -0.05) is 24.2 Å². The van der Waals surface area contributed by atoms with Crippen molar-refractivity contribution in [3.05, 3.63) is 53.6 Å². The van der Waals surface area contributed by atoms with Crippen LogP contribution in [0.25, 0.3) is 22.0 Å². The Kier molecular flexibility index (Phi) is 6.00. The number of aromatic nitrogens is 1. The third-order valence-electron chi connectivity index (χ3n) is 5.34. The molecule has 0 saturated carbocycles. The van der Waals surface area contributed by atoms with Crippen molar-refractivity contribution in [2.75, 3.05) is 24.5 Å². The van der Waals surface area contributed by atoms with Crippen LogP contribution in [0.1, 0.15) is 0 Å². The molecule has 0 spiro atoms. The van der Waals surface area contributed by atoms with E-state index in [-0.39, 0.29) is 46.1 Å². The number of halogens is 5. The maximum Gasteiger partial charge on any atom is 0.260 e. The minimum atomic E-state index is -2.79. The first kappa shape index (κ1) is 22.3. The number of nitrogens with zero attached hydrogens (tertiary/aromatic N) is 3. The van der Waals surface area contributed by atoms with Crippen molar-refractivity contribution in [3.63, 3.8) is 0 Å². The van der Waals surface area contributed by atoms with E-state index in [1.807, 2.05) is 0 Å². The molecule has 4 rings (SSSR count). The Morgan fingerprint density at radius 1 is 1.31 bits per heavy atom. The molecule has 2 heterocycles. The van der Waals surface area contributed by atoms with E-state index in [0.29, 0.717) is 0 Å². The second kappa shape index (κ2) is 8.59. The molecule has 0 radical (unpaired) electrons. The van der Waals surface area contributed by atoms with E-state index < -0.39 is 41.3 Å². The van der Waals surface area contributed by atoms with Gasteiger partial charge in [-0.25, -0.2) is 17.6 Å². The second-order valence-electron chi connectivity index (χ2n) is 7.15. The normalized spacial score (nSPS) is 16.8. The summed E-state index contributed by atoms with van der Waals surface area (Å²) < 4.78 is 61.5. The van der Waals surface area contributed by atoms with Crippen molar-refractivity contribution in [1.29, 1.82) is 0 Å². The molecule has 1 N–H and O–H groups in total. The summed E-state index contributed by atoms with van der Waals surface area (Å²) in [6.07, 6.45) is -1.72. The van der Waals surface area contributed by atoms with Crippen molar-refractivity contribution < 1.29 is 27.5 Å². The highest BCUT2D eigenvalue weighted by Gasteiger charge is 2.37. The lowest BCUT2D eigenvalue weighted by Gasteiger charge is -2.41. The van der Waals surface area contributed by atoms with Crippen molar-refractivity contribution in [2.24, 2.45) is 0 Å². The van der Waals surface area contributed by atoms with Gasteiger partial charge in [-0.2, -0.15) is 4.37 Å². The number of benzene rings is 2. The number of phenolic OH excluding ortho intramolecular Hbond substituents is 1. The van der Waals surface area contributed by atoms with Gasteiger partial charge in [-0.3, -0.25) is 4.79 Å². The number of hydrogen-bond donors (Lipinski definition) is 1. The molecular formula is C21H16ClF4N3O2S. The Balaban J connectivity index is 1.81. The molecule has 1 aromatic heterocycles. The molecule has 168 valence electrons. The zero-order chi connectivity index (χ0) is 23.2. The predicted octanol–water partition coefficient (Wildman–Crippen LogP) is 5.07. The van der Waals surface area contributed by atoms with Crippen molar-refractivity contribution >= 4 is 44.9 Å². The Bertz CT molecular complexity index is 1200. The van der Waals surface area contributed by atoms with E-state index in [9.17, 15) is 23.1 Å². The smallest absolute Gasteiger partial charge is 0.260 e. The minimum Gasteiger partial charge on any atom is -0.507 e. The Morgan fingerprint density at radius 2 is 2.06 bits per heavy atom. The van der Waals surface area contributed by atoms with Crippen LogP contribution in [-0.2, 0) is 4.79 Å². The number of aromatic hydroxyl groups is 1. The van der Waals surface area contributed by atoms with Gasteiger partial charge in [0.05, 0.1) is 10.6 Å². The van der Waals surface area contributed by atoms with E-state index in [1.165, 1.54) is 28.0 Å². The highest BCUT2D eigenvalue weighted by atomic mass is 35.5. The first-order chi connectivity index (χ1) is 15.2. The molecule has 1 fully saturated rings. The Morgan fingerprint density at radius 3 is 2.72 bits per heavy atom. The molecule has 1 aliphatic heterocycles. The number of anilines is 1. The van der Waals surface area contributed by atoms with Gasteiger partial charge in [0.2, 0.25) is 5.91 Å². The number of amides is 1. The number of hydrogen-bond acceptors (Lipinski definition) is 5. The highest BCUT2D eigenvalue weighted by molar-refractivity contribution is 7.11. The molecule has 3 aromatic rings. The van der Waals surface area contributed by atoms with E-state index in [2.05, 4.69) is 11.0 Å². The van der Waals surface area contributed by atoms with Gasteiger partial charge in [0.15, 0.2) is 5.82 Å². The van der Waals surface area contributed by atoms with Crippen molar-refractivity contribution in [1.82, 2.24) is 9.27 Å². The van der Waals surface area contributed by atoms with E-state index in [0.717, 1.165) is 23.7 Å². The number of carbonyl (C=O) groups excluding carboxylic acids is 1. The molecule has 5 nitrogen and oxygen atoms in total. The lowest BCUT2D eigenvalue weighted by molar-refractivity contribution is -0.127. The third-order valence-corrected chi connectivity index (χ3v) is 6.54. The SMILES string of the molecule is C=CC(=O)N1CCN(c2snc3c(F)c(-c4c(O)cccc4F)c(Cl)cc23)[C@H](C(F)F)C1. The first-order valence-corrected chi connectivity index (χ1v) is 10.6. The summed E-state index contributed by atoms with van der Waals surface area (Å²) in [6, 6.07) is 3.50. The van der Waals surface area contributed by atoms with Gasteiger partial charge in [-0.05, 0) is 35.8 Å². The van der Waals surface area contributed by atoms with Gasteiger partial charge in [-0.15, -0.1) is 0 Å². The van der Waals surface area contributed by atoms with Crippen LogP contribution in [-0.4, -0.2) is 52.4 Å². The molecule has 1 aliphatic rings. The van der Waals surface area contributed by atoms with Crippen LogP contribution >= 0.6 is 23.1 Å². The highest BCUT2D eigenvalue weighted by Crippen LogP contribution is 2.44. The minimum absolute atomic E-state index is 0.0704. The summed E-state index contributed by atoms with van der Waals surface area (Å²) >= 11 is 7.07. The van der Waals surface area contributed by atoms with Gasteiger partial charge in [0, 0.05) is 30.6 Å². The quantitative estimate of drug-likeness (QED) is 0.414. The molecule has 1 atom stereocenters. The summed E-state index contributed by atoms with van der Waals surface area (Å²) in [6.45, 7) is 3.38. The Labute approximate surface area is 189 Å². The van der Waals surface area contributed by atoms with Crippen LogP contribution in [0.3, 0.4) is 0 Å². The van der Waals surface area contributed by atoms with Gasteiger partial charge < -0.3 is 14.9 Å². The monoisotopic (exact) mass is 485 g/mol. The topological polar surface area (TPSA) is 56.7 Å². The average molecular weight is 486 g/mol. The summed E-state index contributed by atoms with van der Waals surface area (Å²) in [5.41, 5.74) is -0.948. The largest absolute Gasteiger partial charge is 0.507 e. The standard InChI is InChI=1S/C21H16ClF4N3O2S/c1-2-15(31)28-6-7-29(13(9-28)20(25)26)21-10-8-11(22)16(18(24)19(10)27-32-21)17-12(23)4-3-5-14(17)30/h2-5,8,13,20,30H,1,6-7,9H2/t13-/m0/s1. The molecule has 0 unspecified atom stereocenters. The van der Waals surface area contributed by atoms with Crippen LogP contribution in [0.2, 0.25) is 5.02 Å². The molecule has 32 heavy (non-hydrogen) atoms. The molecule has 2 aromatic carbocycles. The van der Waals surface area contributed by atoms with Gasteiger partial charge in [0.1, 0.15) is 28.1 Å². The number of carbonyl (C=O) groups is 1. The number of piperazine rings is 1. The van der Waals surface area contributed by atoms with E-state index in [1.54, 1.807) is 0 Å². The number of alkyl halides is 2. The Hall–Kier alpha value is -2.85. The fraction of sp³-hybridized carbons (Fsp3) is 0.238. The number of fused-ring (bicyclic) bond motifs is 1. The molecular weight excluding hydrogens is 470 g/mol. The lowest BCUT2D eigenvalue weighted by atomic mass is 10.0. The van der Waals surface area contributed by atoms with E-state index >= 15 is 4.39 Å². The second-order valence-corrected chi connectivity index (χ2v) is 8.31. The maximum atomic E-state index is 15.4. The zero-order valence-electron chi connectivity index (χ0n) is 16.4. The molecule has 0 aliphatic carbocycles. The van der Waals surface area contributed by atoms with Gasteiger partial charge >= 0.3 is 0 Å². The van der Waals surface area contributed by atoms with Crippen molar-refractivity contribution in [2.45, 2.75) is 12.5 Å². The molecule has 11 heteroatoms. The summed E-state index contributed by atoms with van der Waals surface area (Å²) in [5.74, 6) is -2.79. The van der Waals surface area contributed by atoms with Crippen LogP contribution in [0.15, 0.2) is 36.9 Å². The third kappa shape index (κ3) is 3.67. The molecule has 1 amide bonds. The predicted molar refractivity (Wildman–Crippen MR) is 116 cm³/mol. The van der Waals surface area contributed by atoms with Crippen LogP contribution < -0.4 is 4.90 Å². The molecule has 1 saturated heterocycles. The average Bonchev–Trinajstić information content (AvgIpc) is 3.18. The fourth-order valence-corrected chi connectivity index (χ4v) is 5.03. The van der Waals surface area contributed by atoms with Crippen LogP contribution in [0.4, 0.5) is 22.6 Å². The van der Waals surface area contributed by atoms with E-state index in [4.69, 9.17) is 11.6 Å². The number of phenols is 1. The fourth-order valence-electron chi connectivity index (χ4n) is 3.80. The number of rotatable bonds is 4. The van der Waals surface area contributed by atoms with Gasteiger partial charge in [0.25, 0.3) is 6.43 Å². The zero-order valence-corrected chi connectivity index (χ0v) is 17.9. The maximum absolute atomic E-state index is 15.4. The van der Waals surface area contributed by atoms with Crippen LogP contribution in [0.5, 0.6) is 5.75 Å². The summed E-state index contributed by atoms with van der Waals surface area (Å²) in [5, 5.41) is 10.3. The molecule has 0 bridgehead atoms. The lowest BCUT2D eigenvalue weighted by Crippen LogP contribution is -2.57. The summed E-state index contributed by atoms with van der Waals surface area (Å²) in [7, 11) is 0.